The molecule has 5 heteroatoms. The number of piperidine rings is 1. The first-order valence-corrected chi connectivity index (χ1v) is 6.82. The van der Waals surface area contributed by atoms with E-state index in [0.29, 0.717) is 22.2 Å². The topological polar surface area (TPSA) is 55.6 Å². The zero-order valence-electron chi connectivity index (χ0n) is 11.1. The van der Waals surface area contributed by atoms with Crippen molar-refractivity contribution in [2.75, 3.05) is 32.5 Å². The molecule has 104 valence electrons. The number of benzene rings is 1. The first kappa shape index (κ1) is 14.2. The highest BCUT2D eigenvalue weighted by atomic mass is 35.5. The van der Waals surface area contributed by atoms with Crippen LogP contribution in [0.15, 0.2) is 18.2 Å². The minimum absolute atomic E-state index is 0.00469. The first-order valence-electron chi connectivity index (χ1n) is 6.44. The molecule has 0 atom stereocenters. The molecule has 1 aromatic carbocycles. The minimum Gasteiger partial charge on any atom is -0.399 e. The fourth-order valence-corrected chi connectivity index (χ4v) is 2.70. The van der Waals surface area contributed by atoms with Gasteiger partial charge in [0.05, 0.1) is 0 Å². The summed E-state index contributed by atoms with van der Waals surface area (Å²) in [5.41, 5.74) is 6.80. The number of halogens is 1. The van der Waals surface area contributed by atoms with Crippen molar-refractivity contribution in [2.45, 2.75) is 12.8 Å². The third-order valence-electron chi connectivity index (χ3n) is 3.47. The van der Waals surface area contributed by atoms with Crippen LogP contribution in [-0.4, -0.2) is 37.6 Å². The number of anilines is 1. The molecular formula is C14H19ClN2O2. The summed E-state index contributed by atoms with van der Waals surface area (Å²) in [6, 6.07) is 4.99. The van der Waals surface area contributed by atoms with E-state index in [1.54, 1.807) is 25.3 Å². The monoisotopic (exact) mass is 282 g/mol. The lowest BCUT2D eigenvalue weighted by Crippen LogP contribution is -2.39. The van der Waals surface area contributed by atoms with Crippen molar-refractivity contribution in [1.82, 2.24) is 4.90 Å². The maximum Gasteiger partial charge on any atom is 0.253 e. The van der Waals surface area contributed by atoms with E-state index < -0.39 is 0 Å². The molecule has 4 nitrogen and oxygen atoms in total. The molecule has 0 spiro atoms. The SMILES string of the molecule is COCC1CCN(C(=O)c2cc(N)cc(Cl)c2)CC1. The van der Waals surface area contributed by atoms with Gasteiger partial charge in [0.25, 0.3) is 5.91 Å². The second kappa shape index (κ2) is 6.26. The van der Waals surface area contributed by atoms with Crippen molar-refractivity contribution < 1.29 is 9.53 Å². The van der Waals surface area contributed by atoms with Crippen LogP contribution in [0.5, 0.6) is 0 Å². The zero-order chi connectivity index (χ0) is 13.8. The maximum absolute atomic E-state index is 12.3. The molecule has 0 radical (unpaired) electrons. The summed E-state index contributed by atoms with van der Waals surface area (Å²) in [5, 5.41) is 0.498. The Bertz CT molecular complexity index is 437. The number of methoxy groups -OCH3 is 1. The van der Waals surface area contributed by atoms with Gasteiger partial charge in [-0.25, -0.2) is 0 Å². The lowest BCUT2D eigenvalue weighted by atomic mass is 9.97. The number of nitrogen functional groups attached to an aromatic ring is 1. The minimum atomic E-state index is 0.00469. The van der Waals surface area contributed by atoms with E-state index in [0.717, 1.165) is 32.5 Å². The molecule has 1 heterocycles. The van der Waals surface area contributed by atoms with Gasteiger partial charge in [-0.1, -0.05) is 11.6 Å². The summed E-state index contributed by atoms with van der Waals surface area (Å²) in [7, 11) is 1.71. The van der Waals surface area contributed by atoms with Gasteiger partial charge in [-0.05, 0) is 37.0 Å². The summed E-state index contributed by atoms with van der Waals surface area (Å²) in [5.74, 6) is 0.559. The van der Waals surface area contributed by atoms with Crippen LogP contribution in [0.3, 0.4) is 0 Å². The Hall–Kier alpha value is -1.26. The van der Waals surface area contributed by atoms with Crippen molar-refractivity contribution in [3.05, 3.63) is 28.8 Å². The van der Waals surface area contributed by atoms with E-state index >= 15 is 0 Å². The van der Waals surface area contributed by atoms with E-state index in [4.69, 9.17) is 22.1 Å². The first-order chi connectivity index (χ1) is 9.10. The summed E-state index contributed by atoms with van der Waals surface area (Å²) in [6.07, 6.45) is 1.96. The molecule has 1 saturated heterocycles. The molecule has 1 amide bonds. The molecule has 0 saturated carbocycles. The summed E-state index contributed by atoms with van der Waals surface area (Å²) < 4.78 is 5.16. The Balaban J connectivity index is 2.01. The number of hydrogen-bond donors (Lipinski definition) is 1. The quantitative estimate of drug-likeness (QED) is 0.866. The molecule has 0 aromatic heterocycles. The molecule has 1 aromatic rings. The van der Waals surface area contributed by atoms with Crippen LogP contribution in [0.2, 0.25) is 5.02 Å². The number of hydrogen-bond acceptors (Lipinski definition) is 3. The largest absolute Gasteiger partial charge is 0.399 e. The molecule has 1 aliphatic heterocycles. The second-order valence-corrected chi connectivity index (χ2v) is 5.40. The van der Waals surface area contributed by atoms with Gasteiger partial charge in [0, 0.05) is 43.1 Å². The molecule has 2 N–H and O–H groups in total. The number of nitrogens with zero attached hydrogens (tertiary/aromatic N) is 1. The molecular weight excluding hydrogens is 264 g/mol. The van der Waals surface area contributed by atoms with Gasteiger partial charge in [-0.3, -0.25) is 4.79 Å². The number of carbonyl (C=O) groups excluding carboxylic acids is 1. The highest BCUT2D eigenvalue weighted by Crippen LogP contribution is 2.22. The number of nitrogens with two attached hydrogens (primary N) is 1. The lowest BCUT2D eigenvalue weighted by molar-refractivity contribution is 0.0613. The van der Waals surface area contributed by atoms with E-state index in [9.17, 15) is 4.79 Å². The Morgan fingerprint density at radius 1 is 1.42 bits per heavy atom. The van der Waals surface area contributed by atoms with Gasteiger partial charge in [-0.15, -0.1) is 0 Å². The molecule has 19 heavy (non-hydrogen) atoms. The highest BCUT2D eigenvalue weighted by Gasteiger charge is 2.23. The molecule has 0 unspecified atom stereocenters. The highest BCUT2D eigenvalue weighted by molar-refractivity contribution is 6.31. The van der Waals surface area contributed by atoms with Crippen LogP contribution in [0.1, 0.15) is 23.2 Å². The van der Waals surface area contributed by atoms with E-state index in [2.05, 4.69) is 0 Å². The molecule has 2 rings (SSSR count). The summed E-state index contributed by atoms with van der Waals surface area (Å²) in [4.78, 5) is 14.2. The summed E-state index contributed by atoms with van der Waals surface area (Å²) in [6.45, 7) is 2.30. The molecule has 0 aliphatic carbocycles. The van der Waals surface area contributed by atoms with Gasteiger partial charge in [0.2, 0.25) is 0 Å². The van der Waals surface area contributed by atoms with Crippen LogP contribution >= 0.6 is 11.6 Å². The average molecular weight is 283 g/mol. The van der Waals surface area contributed by atoms with Crippen LogP contribution in [0, 0.1) is 5.92 Å². The lowest BCUT2D eigenvalue weighted by Gasteiger charge is -2.31. The third kappa shape index (κ3) is 3.61. The Morgan fingerprint density at radius 3 is 2.68 bits per heavy atom. The summed E-state index contributed by atoms with van der Waals surface area (Å²) >= 11 is 5.93. The number of rotatable bonds is 3. The van der Waals surface area contributed by atoms with Gasteiger partial charge in [-0.2, -0.15) is 0 Å². The Kier molecular flexibility index (Phi) is 4.66. The molecule has 1 aliphatic rings. The van der Waals surface area contributed by atoms with Crippen LogP contribution in [-0.2, 0) is 4.74 Å². The van der Waals surface area contributed by atoms with Crippen molar-refractivity contribution in [2.24, 2.45) is 5.92 Å². The fraction of sp³-hybridized carbons (Fsp3) is 0.500. The number of amides is 1. The maximum atomic E-state index is 12.3. The Morgan fingerprint density at radius 2 is 2.11 bits per heavy atom. The Labute approximate surface area is 118 Å². The number of likely N-dealkylation sites (tertiary alicyclic amines) is 1. The van der Waals surface area contributed by atoms with E-state index in [1.165, 1.54) is 0 Å². The van der Waals surface area contributed by atoms with Crippen molar-refractivity contribution in [3.8, 4) is 0 Å². The zero-order valence-corrected chi connectivity index (χ0v) is 11.8. The van der Waals surface area contributed by atoms with Crippen LogP contribution in [0.25, 0.3) is 0 Å². The molecule has 0 bridgehead atoms. The van der Waals surface area contributed by atoms with E-state index in [-0.39, 0.29) is 5.91 Å². The average Bonchev–Trinajstić information content (AvgIpc) is 2.38. The fourth-order valence-electron chi connectivity index (χ4n) is 2.46. The number of carbonyl (C=O) groups is 1. The molecule has 1 fully saturated rings. The smallest absolute Gasteiger partial charge is 0.253 e. The van der Waals surface area contributed by atoms with Gasteiger partial charge in [0.15, 0.2) is 0 Å². The predicted octanol–water partition coefficient (Wildman–Crippen LogP) is 2.42. The number of ether oxygens (including phenoxy) is 1. The van der Waals surface area contributed by atoms with Gasteiger partial charge in [0.1, 0.15) is 0 Å². The van der Waals surface area contributed by atoms with Gasteiger partial charge >= 0.3 is 0 Å². The van der Waals surface area contributed by atoms with Crippen LogP contribution in [0.4, 0.5) is 5.69 Å². The third-order valence-corrected chi connectivity index (χ3v) is 3.69. The van der Waals surface area contributed by atoms with Crippen LogP contribution < -0.4 is 5.73 Å². The second-order valence-electron chi connectivity index (χ2n) is 4.96. The van der Waals surface area contributed by atoms with E-state index in [1.807, 2.05) is 4.90 Å². The standard InChI is InChI=1S/C14H19ClN2O2/c1-19-9-10-2-4-17(5-3-10)14(18)11-6-12(15)8-13(16)7-11/h6-8,10H,2-5,9,16H2,1H3. The normalized spacial score (nSPS) is 16.6. The predicted molar refractivity (Wildman–Crippen MR) is 76.4 cm³/mol. The van der Waals surface area contributed by atoms with Crippen molar-refractivity contribution in [1.29, 1.82) is 0 Å². The van der Waals surface area contributed by atoms with Gasteiger partial charge < -0.3 is 15.4 Å². The van der Waals surface area contributed by atoms with Crippen molar-refractivity contribution >= 4 is 23.2 Å². The van der Waals surface area contributed by atoms with Crippen molar-refractivity contribution in [3.63, 3.8) is 0 Å².